The summed E-state index contributed by atoms with van der Waals surface area (Å²) in [6.45, 7) is 0. The molecule has 0 fully saturated rings. The topological polar surface area (TPSA) is 46.0 Å². The second kappa shape index (κ2) is 5.57. The summed E-state index contributed by atoms with van der Waals surface area (Å²) in [5.41, 5.74) is 6.12. The van der Waals surface area contributed by atoms with E-state index in [1.54, 1.807) is 13.3 Å². The summed E-state index contributed by atoms with van der Waals surface area (Å²) >= 11 is 0. The van der Waals surface area contributed by atoms with Crippen LogP contribution in [0.15, 0.2) is 70.8 Å². The number of ether oxygens (including phenoxy) is 1. The molecule has 0 amide bonds. The van der Waals surface area contributed by atoms with E-state index in [0.29, 0.717) is 0 Å². The van der Waals surface area contributed by atoms with Gasteiger partial charge in [-0.1, -0.05) is 30.3 Å². The van der Waals surface area contributed by atoms with Crippen LogP contribution in [-0.4, -0.2) is 19.2 Å². The van der Waals surface area contributed by atoms with Crippen LogP contribution in [0.3, 0.4) is 0 Å². The minimum atomic E-state index is 0.779. The van der Waals surface area contributed by atoms with E-state index in [-0.39, 0.29) is 0 Å². The van der Waals surface area contributed by atoms with Crippen LogP contribution in [0.25, 0.3) is 10.8 Å². The maximum atomic E-state index is 5.14. The Morgan fingerprint density at radius 2 is 1.78 bits per heavy atom. The van der Waals surface area contributed by atoms with Gasteiger partial charge in [-0.25, -0.2) is 4.99 Å². The third-order valence-corrected chi connectivity index (χ3v) is 3.87. The highest BCUT2D eigenvalue weighted by atomic mass is 16.5. The lowest BCUT2D eigenvalue weighted by Gasteiger charge is -2.03. The highest BCUT2D eigenvalue weighted by Gasteiger charge is 2.17. The van der Waals surface area contributed by atoms with Crippen LogP contribution >= 0.6 is 0 Å². The van der Waals surface area contributed by atoms with E-state index >= 15 is 0 Å². The van der Waals surface area contributed by atoms with Crippen molar-refractivity contribution in [1.29, 1.82) is 0 Å². The van der Waals surface area contributed by atoms with Gasteiger partial charge in [0.1, 0.15) is 5.75 Å². The van der Waals surface area contributed by atoms with E-state index in [1.807, 2.05) is 42.5 Å². The van der Waals surface area contributed by atoms with E-state index in [1.165, 1.54) is 10.8 Å². The Morgan fingerprint density at radius 1 is 1.00 bits per heavy atom. The van der Waals surface area contributed by atoms with Crippen LogP contribution in [0.5, 0.6) is 5.75 Å². The van der Waals surface area contributed by atoms with E-state index in [2.05, 4.69) is 33.7 Å². The average molecular weight is 301 g/mol. The Labute approximate surface area is 134 Å². The normalized spacial score (nSPS) is 12.7. The lowest BCUT2D eigenvalue weighted by atomic mass is 10.0. The number of hydrazone groups is 1. The molecule has 1 aliphatic rings. The third-order valence-electron chi connectivity index (χ3n) is 3.87. The molecular weight excluding hydrogens is 286 g/mol. The summed E-state index contributed by atoms with van der Waals surface area (Å²) in [6.07, 6.45) is 1.77. The largest absolute Gasteiger partial charge is 0.497 e. The highest BCUT2D eigenvalue weighted by molar-refractivity contribution is 6.18. The van der Waals surface area contributed by atoms with Crippen LogP contribution in [0, 0.1) is 0 Å². The number of nitrogens with one attached hydrogen (secondary N) is 1. The van der Waals surface area contributed by atoms with E-state index < -0.39 is 0 Å². The van der Waals surface area contributed by atoms with Crippen LogP contribution in [0.2, 0.25) is 0 Å². The van der Waals surface area contributed by atoms with Crippen molar-refractivity contribution in [1.82, 2.24) is 5.43 Å². The van der Waals surface area contributed by atoms with Gasteiger partial charge in [0, 0.05) is 10.9 Å². The predicted octanol–water partition coefficient (Wildman–Crippen LogP) is 3.86. The second-order valence-corrected chi connectivity index (χ2v) is 5.28. The lowest BCUT2D eigenvalue weighted by molar-refractivity contribution is 0.415. The quantitative estimate of drug-likeness (QED) is 0.590. The van der Waals surface area contributed by atoms with Gasteiger partial charge in [0.15, 0.2) is 5.84 Å². The second-order valence-electron chi connectivity index (χ2n) is 5.28. The van der Waals surface area contributed by atoms with Gasteiger partial charge in [0.05, 0.1) is 19.0 Å². The minimum absolute atomic E-state index is 0.779. The number of hydrogen-bond acceptors (Lipinski definition) is 4. The molecule has 0 aromatic heterocycles. The van der Waals surface area contributed by atoms with Crippen molar-refractivity contribution in [3.63, 3.8) is 0 Å². The smallest absolute Gasteiger partial charge is 0.154 e. The summed E-state index contributed by atoms with van der Waals surface area (Å²) in [6, 6.07) is 20.1. The number of hydrogen-bond donors (Lipinski definition) is 1. The zero-order valence-corrected chi connectivity index (χ0v) is 12.7. The molecule has 0 bridgehead atoms. The molecule has 23 heavy (non-hydrogen) atoms. The van der Waals surface area contributed by atoms with Crippen molar-refractivity contribution in [2.75, 3.05) is 7.11 Å². The van der Waals surface area contributed by atoms with Gasteiger partial charge in [-0.15, -0.1) is 0 Å². The summed E-state index contributed by atoms with van der Waals surface area (Å²) in [7, 11) is 1.65. The molecule has 0 aliphatic carbocycles. The molecule has 3 aromatic rings. The van der Waals surface area contributed by atoms with Gasteiger partial charge in [-0.2, -0.15) is 5.10 Å². The zero-order valence-electron chi connectivity index (χ0n) is 12.7. The first kappa shape index (κ1) is 13.5. The molecule has 3 aromatic carbocycles. The zero-order chi connectivity index (χ0) is 15.6. The number of amidine groups is 1. The third kappa shape index (κ3) is 2.44. The molecule has 1 aliphatic heterocycles. The fraction of sp³-hybridized carbons (Fsp3) is 0.0526. The molecule has 4 heteroatoms. The van der Waals surface area contributed by atoms with Crippen molar-refractivity contribution in [2.24, 2.45) is 10.1 Å². The van der Waals surface area contributed by atoms with Gasteiger partial charge in [0.25, 0.3) is 0 Å². The van der Waals surface area contributed by atoms with Crippen LogP contribution in [0.1, 0.15) is 11.1 Å². The number of methoxy groups -OCH3 is 1. The standard InChI is InChI=1S/C19H15N3O/c1-23-15-10-8-13(9-11-15)12-20-22-19-16-6-2-4-14-5-3-7-17(21-19)18(14)16/h2-12H,1H3,(H,21,22)/b20-12-. The molecule has 0 radical (unpaired) electrons. The first-order chi connectivity index (χ1) is 11.3. The summed E-state index contributed by atoms with van der Waals surface area (Å²) in [5.74, 6) is 1.61. The van der Waals surface area contributed by atoms with Crippen molar-refractivity contribution < 1.29 is 4.74 Å². The van der Waals surface area contributed by atoms with Crippen LogP contribution < -0.4 is 10.2 Å². The van der Waals surface area contributed by atoms with Crippen molar-refractivity contribution >= 4 is 28.5 Å². The van der Waals surface area contributed by atoms with E-state index in [4.69, 9.17) is 4.74 Å². The van der Waals surface area contributed by atoms with E-state index in [0.717, 1.165) is 28.4 Å². The first-order valence-corrected chi connectivity index (χ1v) is 7.39. The molecule has 0 saturated carbocycles. The number of nitrogens with zero attached hydrogens (tertiary/aromatic N) is 2. The summed E-state index contributed by atoms with van der Waals surface area (Å²) in [5, 5.41) is 6.67. The molecule has 0 atom stereocenters. The Kier molecular flexibility index (Phi) is 3.27. The monoisotopic (exact) mass is 301 g/mol. The first-order valence-electron chi connectivity index (χ1n) is 7.39. The van der Waals surface area contributed by atoms with Crippen molar-refractivity contribution in [3.8, 4) is 5.75 Å². The molecule has 1 N–H and O–H groups in total. The molecule has 1 heterocycles. The number of benzene rings is 3. The minimum Gasteiger partial charge on any atom is -0.497 e. The Hall–Kier alpha value is -3.14. The van der Waals surface area contributed by atoms with Crippen LogP contribution in [0.4, 0.5) is 5.69 Å². The highest BCUT2D eigenvalue weighted by Crippen LogP contribution is 2.34. The van der Waals surface area contributed by atoms with Crippen LogP contribution in [-0.2, 0) is 0 Å². The maximum absolute atomic E-state index is 5.14. The van der Waals surface area contributed by atoms with Crippen molar-refractivity contribution in [2.45, 2.75) is 0 Å². The fourth-order valence-corrected chi connectivity index (χ4v) is 2.74. The number of rotatable bonds is 3. The molecular formula is C19H15N3O. The lowest BCUT2D eigenvalue weighted by Crippen LogP contribution is -2.17. The molecule has 0 spiro atoms. The molecule has 112 valence electrons. The summed E-state index contributed by atoms with van der Waals surface area (Å²) < 4.78 is 5.14. The molecule has 0 saturated heterocycles. The SMILES string of the molecule is COc1ccc(/C=N\NC2=Nc3cccc4cccc2c34)cc1. The fourth-order valence-electron chi connectivity index (χ4n) is 2.74. The Bertz CT molecular complexity index is 922. The van der Waals surface area contributed by atoms with Gasteiger partial charge in [-0.05, 0) is 41.3 Å². The van der Waals surface area contributed by atoms with Gasteiger partial charge >= 0.3 is 0 Å². The molecule has 4 rings (SSSR count). The van der Waals surface area contributed by atoms with Gasteiger partial charge < -0.3 is 4.74 Å². The Balaban J connectivity index is 1.56. The summed E-state index contributed by atoms with van der Waals surface area (Å²) in [4.78, 5) is 4.63. The predicted molar refractivity (Wildman–Crippen MR) is 93.9 cm³/mol. The molecule has 0 unspecified atom stereocenters. The Morgan fingerprint density at radius 3 is 2.57 bits per heavy atom. The van der Waals surface area contributed by atoms with E-state index in [9.17, 15) is 0 Å². The van der Waals surface area contributed by atoms with Gasteiger partial charge in [0.2, 0.25) is 0 Å². The van der Waals surface area contributed by atoms with Crippen molar-refractivity contribution in [3.05, 3.63) is 71.8 Å². The molecule has 4 nitrogen and oxygen atoms in total. The average Bonchev–Trinajstić information content (AvgIpc) is 2.96. The maximum Gasteiger partial charge on any atom is 0.154 e. The van der Waals surface area contributed by atoms with Gasteiger partial charge in [-0.3, -0.25) is 5.43 Å². The number of aliphatic imine (C=N–C) groups is 1.